The van der Waals surface area contributed by atoms with Crippen LogP contribution >= 0.6 is 0 Å². The van der Waals surface area contributed by atoms with E-state index in [0.29, 0.717) is 12.4 Å². The molecule has 2 atom stereocenters. The van der Waals surface area contributed by atoms with Gasteiger partial charge in [-0.25, -0.2) is 18.1 Å². The molecule has 2 unspecified atom stereocenters. The molecule has 0 spiro atoms. The minimum absolute atomic E-state index is 0.0534. The Kier molecular flexibility index (Phi) is 3.74. The lowest BCUT2D eigenvalue weighted by Crippen LogP contribution is -2.39. The van der Waals surface area contributed by atoms with Gasteiger partial charge in [0.15, 0.2) is 5.03 Å². The molecule has 0 saturated heterocycles. The quantitative estimate of drug-likeness (QED) is 0.815. The van der Waals surface area contributed by atoms with Crippen molar-refractivity contribution < 1.29 is 8.42 Å². The Morgan fingerprint density at radius 1 is 1.56 bits per heavy atom. The van der Waals surface area contributed by atoms with E-state index >= 15 is 0 Å². The highest BCUT2D eigenvalue weighted by Gasteiger charge is 2.31. The fourth-order valence-electron chi connectivity index (χ4n) is 2.39. The van der Waals surface area contributed by atoms with Gasteiger partial charge >= 0.3 is 0 Å². The lowest BCUT2D eigenvalue weighted by Gasteiger charge is -2.18. The number of hydrogen-bond acceptors (Lipinski definition) is 4. The average molecular weight is 272 g/mol. The van der Waals surface area contributed by atoms with Crippen molar-refractivity contribution in [2.45, 2.75) is 37.3 Å². The SMILES string of the molecule is Cc1nc(S(=O)(=O)NC2CCCC2CN)cn1C. The van der Waals surface area contributed by atoms with Crippen molar-refractivity contribution in [3.8, 4) is 0 Å². The number of nitrogens with two attached hydrogens (primary N) is 1. The summed E-state index contributed by atoms with van der Waals surface area (Å²) in [6.45, 7) is 2.30. The number of imidazole rings is 1. The Morgan fingerprint density at radius 2 is 2.28 bits per heavy atom. The fraction of sp³-hybridized carbons (Fsp3) is 0.727. The predicted molar refractivity (Wildman–Crippen MR) is 68.4 cm³/mol. The first-order valence-corrected chi connectivity index (χ1v) is 7.64. The van der Waals surface area contributed by atoms with Crippen LogP contribution in [0.3, 0.4) is 0 Å². The topological polar surface area (TPSA) is 90.0 Å². The maximum atomic E-state index is 12.2. The lowest BCUT2D eigenvalue weighted by molar-refractivity contribution is 0.452. The lowest BCUT2D eigenvalue weighted by atomic mass is 10.1. The molecular formula is C11H20N4O2S. The van der Waals surface area contributed by atoms with Crippen molar-refractivity contribution in [1.82, 2.24) is 14.3 Å². The molecule has 1 fully saturated rings. The van der Waals surface area contributed by atoms with Crippen LogP contribution in [-0.2, 0) is 17.1 Å². The summed E-state index contributed by atoms with van der Waals surface area (Å²) in [6.07, 6.45) is 4.40. The minimum Gasteiger partial charge on any atom is -0.337 e. The minimum atomic E-state index is -3.53. The van der Waals surface area contributed by atoms with Crippen molar-refractivity contribution >= 4 is 10.0 Å². The van der Waals surface area contributed by atoms with Crippen LogP contribution in [0, 0.1) is 12.8 Å². The molecule has 2 rings (SSSR count). The van der Waals surface area contributed by atoms with Gasteiger partial charge in [0.2, 0.25) is 0 Å². The van der Waals surface area contributed by atoms with E-state index in [4.69, 9.17) is 5.73 Å². The second kappa shape index (κ2) is 4.99. The first-order valence-electron chi connectivity index (χ1n) is 6.16. The van der Waals surface area contributed by atoms with Gasteiger partial charge in [0.05, 0.1) is 0 Å². The van der Waals surface area contributed by atoms with Crippen LogP contribution < -0.4 is 10.5 Å². The van der Waals surface area contributed by atoms with Crippen LogP contribution in [-0.4, -0.2) is 30.6 Å². The van der Waals surface area contributed by atoms with Crippen LogP contribution in [0.1, 0.15) is 25.1 Å². The molecule has 0 radical (unpaired) electrons. The highest BCUT2D eigenvalue weighted by atomic mass is 32.2. The maximum absolute atomic E-state index is 12.2. The van der Waals surface area contributed by atoms with Gasteiger partial charge < -0.3 is 10.3 Å². The third-order valence-electron chi connectivity index (χ3n) is 3.63. The molecule has 0 aromatic carbocycles. The van der Waals surface area contributed by atoms with Crippen LogP contribution in [0.4, 0.5) is 0 Å². The second-order valence-electron chi connectivity index (χ2n) is 4.89. The molecule has 1 heterocycles. The highest BCUT2D eigenvalue weighted by Crippen LogP contribution is 2.26. The van der Waals surface area contributed by atoms with E-state index in [1.807, 2.05) is 0 Å². The normalized spacial score (nSPS) is 24.6. The van der Waals surface area contributed by atoms with Gasteiger partial charge in [-0.2, -0.15) is 0 Å². The fourth-order valence-corrected chi connectivity index (χ4v) is 3.77. The van der Waals surface area contributed by atoms with E-state index in [9.17, 15) is 8.42 Å². The zero-order valence-electron chi connectivity index (χ0n) is 10.8. The summed E-state index contributed by atoms with van der Waals surface area (Å²) in [7, 11) is -1.75. The molecule has 3 N–H and O–H groups in total. The number of rotatable bonds is 4. The number of aromatic nitrogens is 2. The molecule has 0 bridgehead atoms. The summed E-state index contributed by atoms with van der Waals surface area (Å²) in [5, 5.41) is 0.0881. The third-order valence-corrected chi connectivity index (χ3v) is 4.99. The molecule has 1 aliphatic carbocycles. The van der Waals surface area contributed by atoms with E-state index in [2.05, 4.69) is 9.71 Å². The number of aryl methyl sites for hydroxylation is 2. The van der Waals surface area contributed by atoms with Gasteiger partial charge in [-0.05, 0) is 32.2 Å². The number of nitrogens with one attached hydrogen (secondary N) is 1. The molecule has 0 aliphatic heterocycles. The Labute approximate surface area is 108 Å². The van der Waals surface area contributed by atoms with Crippen LogP contribution in [0.25, 0.3) is 0 Å². The van der Waals surface area contributed by atoms with Gasteiger partial charge in [-0.3, -0.25) is 0 Å². The Bertz CT molecular complexity index is 504. The first-order chi connectivity index (χ1) is 8.44. The van der Waals surface area contributed by atoms with E-state index in [-0.39, 0.29) is 17.0 Å². The molecule has 1 saturated carbocycles. The molecule has 7 heteroatoms. The summed E-state index contributed by atoms with van der Waals surface area (Å²) in [5.74, 6) is 0.918. The van der Waals surface area contributed by atoms with Crippen LogP contribution in [0.15, 0.2) is 11.2 Å². The Morgan fingerprint density at radius 3 is 2.83 bits per heavy atom. The van der Waals surface area contributed by atoms with E-state index in [0.717, 1.165) is 19.3 Å². The summed E-state index contributed by atoms with van der Waals surface area (Å²) >= 11 is 0. The molecule has 1 aromatic rings. The molecule has 1 aromatic heterocycles. The van der Waals surface area contributed by atoms with E-state index in [1.165, 1.54) is 6.20 Å². The molecule has 0 amide bonds. The zero-order chi connectivity index (χ0) is 13.3. The summed E-state index contributed by atoms with van der Waals surface area (Å²) in [4.78, 5) is 4.06. The van der Waals surface area contributed by atoms with Crippen molar-refractivity contribution in [2.24, 2.45) is 18.7 Å². The predicted octanol–water partition coefficient (Wildman–Crippen LogP) is 0.134. The summed E-state index contributed by atoms with van der Waals surface area (Å²) in [6, 6.07) is -0.0534. The standard InChI is InChI=1S/C11H20N4O2S/c1-8-13-11(7-15(8)2)18(16,17)14-10-5-3-4-9(10)6-12/h7,9-10,14H,3-6,12H2,1-2H3. The second-order valence-corrected chi connectivity index (χ2v) is 6.55. The number of sulfonamides is 1. The van der Waals surface area contributed by atoms with Crippen LogP contribution in [0.5, 0.6) is 0 Å². The summed E-state index contributed by atoms with van der Waals surface area (Å²) in [5.41, 5.74) is 5.66. The van der Waals surface area contributed by atoms with Crippen molar-refractivity contribution in [3.05, 3.63) is 12.0 Å². The van der Waals surface area contributed by atoms with E-state index in [1.54, 1.807) is 18.5 Å². The molecule has 1 aliphatic rings. The van der Waals surface area contributed by atoms with Crippen molar-refractivity contribution in [2.75, 3.05) is 6.54 Å². The zero-order valence-corrected chi connectivity index (χ0v) is 11.6. The van der Waals surface area contributed by atoms with Gasteiger partial charge in [0.1, 0.15) is 5.82 Å². The highest BCUT2D eigenvalue weighted by molar-refractivity contribution is 7.89. The molecule has 6 nitrogen and oxygen atoms in total. The van der Waals surface area contributed by atoms with Crippen molar-refractivity contribution in [3.63, 3.8) is 0 Å². The first kappa shape index (κ1) is 13.5. The third kappa shape index (κ3) is 2.57. The van der Waals surface area contributed by atoms with Gasteiger partial charge in [-0.15, -0.1) is 0 Å². The Hall–Kier alpha value is -0.920. The molecular weight excluding hydrogens is 252 g/mol. The van der Waals surface area contributed by atoms with Gasteiger partial charge in [-0.1, -0.05) is 6.42 Å². The van der Waals surface area contributed by atoms with Gasteiger partial charge in [0, 0.05) is 19.3 Å². The van der Waals surface area contributed by atoms with Crippen LogP contribution in [0.2, 0.25) is 0 Å². The van der Waals surface area contributed by atoms with E-state index < -0.39 is 10.0 Å². The smallest absolute Gasteiger partial charge is 0.259 e. The van der Waals surface area contributed by atoms with Crippen molar-refractivity contribution in [1.29, 1.82) is 0 Å². The monoisotopic (exact) mass is 272 g/mol. The summed E-state index contributed by atoms with van der Waals surface area (Å²) < 4.78 is 28.8. The Balaban J connectivity index is 2.17. The maximum Gasteiger partial charge on any atom is 0.259 e. The molecule has 18 heavy (non-hydrogen) atoms. The largest absolute Gasteiger partial charge is 0.337 e. The molecule has 102 valence electrons. The number of hydrogen-bond donors (Lipinski definition) is 2. The average Bonchev–Trinajstić information content (AvgIpc) is 2.86. The number of nitrogens with zero attached hydrogens (tertiary/aromatic N) is 2. The van der Waals surface area contributed by atoms with Gasteiger partial charge in [0.25, 0.3) is 10.0 Å².